The molecule has 14 heteroatoms. The second-order valence-corrected chi connectivity index (χ2v) is 13.9. The lowest BCUT2D eigenvalue weighted by Crippen LogP contribution is -2.39. The maximum atomic E-state index is 15.5. The van der Waals surface area contributed by atoms with Crippen molar-refractivity contribution in [2.24, 2.45) is 0 Å². The van der Waals surface area contributed by atoms with Crippen LogP contribution in [0.1, 0.15) is 51.1 Å². The molecule has 0 aliphatic heterocycles. The fourth-order valence-electron chi connectivity index (χ4n) is 5.99. The number of benzene rings is 2. The molecular formula is C33H39F3N6O4S. The van der Waals surface area contributed by atoms with Gasteiger partial charge in [0.1, 0.15) is 11.3 Å². The van der Waals surface area contributed by atoms with E-state index in [0.717, 1.165) is 32.2 Å². The summed E-state index contributed by atoms with van der Waals surface area (Å²) in [5.74, 6) is -4.95. The average Bonchev–Trinajstić information content (AvgIpc) is 3.04. The Morgan fingerprint density at radius 1 is 1.04 bits per heavy atom. The first-order valence-electron chi connectivity index (χ1n) is 15.5. The molecule has 0 saturated heterocycles. The molecule has 0 bridgehead atoms. The molecule has 2 N–H and O–H groups in total. The molecule has 1 aliphatic carbocycles. The molecule has 10 nitrogen and oxygen atoms in total. The predicted octanol–water partition coefficient (Wildman–Crippen LogP) is 5.70. The highest BCUT2D eigenvalue weighted by Gasteiger charge is 2.27. The number of rotatable bonds is 12. The quantitative estimate of drug-likeness (QED) is 0.184. The lowest BCUT2D eigenvalue weighted by atomic mass is 9.90. The second-order valence-electron chi connectivity index (χ2n) is 12.2. The Balaban J connectivity index is 1.42. The van der Waals surface area contributed by atoms with E-state index in [1.165, 1.54) is 29.0 Å². The normalized spacial score (nSPS) is 17.0. The van der Waals surface area contributed by atoms with E-state index >= 15 is 13.2 Å². The van der Waals surface area contributed by atoms with E-state index in [1.807, 2.05) is 4.72 Å². The van der Waals surface area contributed by atoms with Gasteiger partial charge in [-0.2, -0.15) is 4.98 Å². The first-order chi connectivity index (χ1) is 22.4. The van der Waals surface area contributed by atoms with Gasteiger partial charge in [0.2, 0.25) is 16.0 Å². The number of halogens is 3. The predicted molar refractivity (Wildman–Crippen MR) is 176 cm³/mol. The number of hydrogen-bond donors (Lipinski definition) is 2. The van der Waals surface area contributed by atoms with Crippen LogP contribution >= 0.6 is 0 Å². The molecule has 2 heterocycles. The third kappa shape index (κ3) is 7.77. The van der Waals surface area contributed by atoms with E-state index in [1.54, 1.807) is 39.2 Å². The van der Waals surface area contributed by atoms with Crippen LogP contribution in [-0.4, -0.2) is 67.2 Å². The zero-order valence-corrected chi connectivity index (χ0v) is 27.6. The van der Waals surface area contributed by atoms with Crippen molar-refractivity contribution in [2.45, 2.75) is 63.4 Å². The molecule has 2 aromatic heterocycles. The molecule has 4 aromatic rings. The van der Waals surface area contributed by atoms with Crippen LogP contribution in [0.25, 0.3) is 22.2 Å². The van der Waals surface area contributed by atoms with Crippen LogP contribution in [0, 0.1) is 17.5 Å². The number of anilines is 2. The molecule has 1 fully saturated rings. The number of nitrogens with one attached hydrogen (secondary N) is 2. The van der Waals surface area contributed by atoms with Crippen LogP contribution in [0.5, 0.6) is 0 Å². The SMILES string of the molecule is COCCN(C)[C@H]1CC[C@H](Nc2ncc3cc(-c4cc(F)c(NS(=O)(=O)Cc5ccccc5)c(F)c4F)c(=O)n(C(C)C)c3n2)CC1. The summed E-state index contributed by atoms with van der Waals surface area (Å²) in [4.78, 5) is 25.1. The number of ether oxygens (including phenoxy) is 1. The first-order valence-corrected chi connectivity index (χ1v) is 17.1. The molecular weight excluding hydrogens is 633 g/mol. The van der Waals surface area contributed by atoms with Gasteiger partial charge >= 0.3 is 0 Å². The Labute approximate surface area is 272 Å². The maximum Gasteiger partial charge on any atom is 0.260 e. The minimum absolute atomic E-state index is 0.140. The Morgan fingerprint density at radius 3 is 2.40 bits per heavy atom. The molecule has 0 radical (unpaired) electrons. The van der Waals surface area contributed by atoms with Crippen molar-refractivity contribution < 1.29 is 26.3 Å². The number of fused-ring (bicyclic) bond motifs is 1. The Bertz CT molecular complexity index is 1900. The molecule has 5 rings (SSSR count). The van der Waals surface area contributed by atoms with Crippen molar-refractivity contribution in [3.63, 3.8) is 0 Å². The van der Waals surface area contributed by atoms with Crippen LogP contribution in [0.3, 0.4) is 0 Å². The van der Waals surface area contributed by atoms with Crippen LogP contribution < -0.4 is 15.6 Å². The van der Waals surface area contributed by atoms with Gasteiger partial charge in [-0.25, -0.2) is 26.6 Å². The van der Waals surface area contributed by atoms with Gasteiger partial charge in [0.05, 0.1) is 17.9 Å². The van der Waals surface area contributed by atoms with Gasteiger partial charge in [0.15, 0.2) is 17.5 Å². The number of hydrogen-bond acceptors (Lipinski definition) is 8. The summed E-state index contributed by atoms with van der Waals surface area (Å²) in [7, 11) is -0.510. The summed E-state index contributed by atoms with van der Waals surface area (Å²) in [5, 5.41) is 3.73. The monoisotopic (exact) mass is 672 g/mol. The number of pyridine rings is 1. The maximum absolute atomic E-state index is 15.5. The number of aromatic nitrogens is 3. The molecule has 1 aliphatic rings. The lowest BCUT2D eigenvalue weighted by Gasteiger charge is -2.34. The number of nitrogens with zero attached hydrogens (tertiary/aromatic N) is 4. The van der Waals surface area contributed by atoms with Crippen molar-refractivity contribution >= 4 is 32.7 Å². The van der Waals surface area contributed by atoms with Crippen molar-refractivity contribution in [1.29, 1.82) is 0 Å². The highest BCUT2D eigenvalue weighted by Crippen LogP contribution is 2.33. The topological polar surface area (TPSA) is 118 Å². The molecule has 0 amide bonds. The van der Waals surface area contributed by atoms with Crippen LogP contribution in [0.15, 0.2) is 53.5 Å². The fraction of sp³-hybridized carbons (Fsp3) is 0.424. The summed E-state index contributed by atoms with van der Waals surface area (Å²) in [6.45, 7) is 5.02. The Hall–Kier alpha value is -4.01. The Morgan fingerprint density at radius 2 is 1.74 bits per heavy atom. The van der Waals surface area contributed by atoms with Crippen molar-refractivity contribution in [1.82, 2.24) is 19.4 Å². The molecule has 0 spiro atoms. The number of likely N-dealkylation sites (N-methyl/N-ethyl adjacent to an activating group) is 1. The smallest absolute Gasteiger partial charge is 0.260 e. The molecule has 0 unspecified atom stereocenters. The number of sulfonamides is 1. The highest BCUT2D eigenvalue weighted by molar-refractivity contribution is 7.91. The molecule has 0 atom stereocenters. The molecule has 1 saturated carbocycles. The standard InChI is InChI=1S/C33H39F3N6O4S/c1-20(2)42-31-22(18-37-33(39-31)38-23-10-12-24(13-11-23)41(3)14-15-46-4)16-26(32(42)43)25-17-27(34)30(29(36)28(25)35)40-47(44,45)19-21-8-6-5-7-9-21/h5-9,16-18,20,23-24,40H,10-15,19H2,1-4H3,(H,37,38,39)/t23-,24-. The van der Waals surface area contributed by atoms with E-state index in [4.69, 9.17) is 4.74 Å². The molecule has 252 valence electrons. The van der Waals surface area contributed by atoms with Crippen LogP contribution in [-0.2, 0) is 20.5 Å². The minimum Gasteiger partial charge on any atom is -0.383 e. The van der Waals surface area contributed by atoms with Gasteiger partial charge in [0, 0.05) is 48.9 Å². The summed E-state index contributed by atoms with van der Waals surface area (Å²) >= 11 is 0. The minimum atomic E-state index is -4.30. The van der Waals surface area contributed by atoms with Crippen LogP contribution in [0.2, 0.25) is 0 Å². The fourth-order valence-corrected chi connectivity index (χ4v) is 7.19. The van der Waals surface area contributed by atoms with Crippen LogP contribution in [0.4, 0.5) is 24.8 Å². The van der Waals surface area contributed by atoms with Crippen molar-refractivity contribution in [3.8, 4) is 11.1 Å². The lowest BCUT2D eigenvalue weighted by molar-refractivity contribution is 0.121. The zero-order chi connectivity index (χ0) is 33.9. The third-order valence-corrected chi connectivity index (χ3v) is 9.73. The van der Waals surface area contributed by atoms with E-state index in [2.05, 4.69) is 27.2 Å². The second kappa shape index (κ2) is 14.4. The number of methoxy groups -OCH3 is 1. The largest absolute Gasteiger partial charge is 0.383 e. The van der Waals surface area contributed by atoms with E-state index < -0.39 is 56.1 Å². The highest BCUT2D eigenvalue weighted by atomic mass is 32.2. The summed E-state index contributed by atoms with van der Waals surface area (Å²) in [5.41, 5.74) is -2.19. The Kier molecular flexibility index (Phi) is 10.5. The molecule has 47 heavy (non-hydrogen) atoms. The zero-order valence-electron chi connectivity index (χ0n) is 26.8. The summed E-state index contributed by atoms with van der Waals surface area (Å²) in [6, 6.07) is 10.1. The average molecular weight is 673 g/mol. The molecule has 2 aromatic carbocycles. The van der Waals surface area contributed by atoms with Gasteiger partial charge in [-0.05, 0) is 64.3 Å². The summed E-state index contributed by atoms with van der Waals surface area (Å²) < 4.78 is 79.7. The van der Waals surface area contributed by atoms with Crippen molar-refractivity contribution in [2.75, 3.05) is 37.3 Å². The summed E-state index contributed by atoms with van der Waals surface area (Å²) in [6.07, 6.45) is 5.30. The van der Waals surface area contributed by atoms with E-state index in [-0.39, 0.29) is 17.3 Å². The van der Waals surface area contributed by atoms with Gasteiger partial charge < -0.3 is 15.0 Å². The van der Waals surface area contributed by atoms with Gasteiger partial charge in [-0.1, -0.05) is 30.3 Å². The van der Waals surface area contributed by atoms with E-state index in [9.17, 15) is 13.2 Å². The van der Waals surface area contributed by atoms with E-state index in [0.29, 0.717) is 35.6 Å². The van der Waals surface area contributed by atoms with Crippen molar-refractivity contribution in [3.05, 3.63) is 82.0 Å². The van der Waals surface area contributed by atoms with Gasteiger partial charge in [0.25, 0.3) is 5.56 Å². The first kappa shape index (κ1) is 34.3. The van der Waals surface area contributed by atoms with Gasteiger partial charge in [-0.15, -0.1) is 0 Å². The third-order valence-electron chi connectivity index (χ3n) is 8.50. The van der Waals surface area contributed by atoms with Gasteiger partial charge in [-0.3, -0.25) is 14.1 Å².